The van der Waals surface area contributed by atoms with Crippen LogP contribution >= 0.6 is 0 Å². The van der Waals surface area contributed by atoms with E-state index in [0.717, 1.165) is 25.0 Å². The fourth-order valence-electron chi connectivity index (χ4n) is 4.77. The van der Waals surface area contributed by atoms with Crippen molar-refractivity contribution in [1.29, 1.82) is 0 Å². The maximum Gasteiger partial charge on any atom is 0.148 e. The van der Waals surface area contributed by atoms with E-state index < -0.39 is 0 Å². The van der Waals surface area contributed by atoms with Crippen molar-refractivity contribution in [2.75, 3.05) is 0 Å². The highest BCUT2D eigenvalue weighted by Crippen LogP contribution is 2.52. The average Bonchev–Trinajstić information content (AvgIpc) is 2.98. The van der Waals surface area contributed by atoms with Gasteiger partial charge in [-0.15, -0.1) is 0 Å². The number of hydrogen-bond acceptors (Lipinski definition) is 3. The first-order chi connectivity index (χ1) is 11.0. The molecule has 0 N–H and O–H groups in total. The topological polar surface area (TPSA) is 35.3 Å². The lowest BCUT2D eigenvalue weighted by Gasteiger charge is -2.53. The Bertz CT molecular complexity index is 691. The smallest absolute Gasteiger partial charge is 0.148 e. The van der Waals surface area contributed by atoms with E-state index >= 15 is 0 Å². The maximum atomic E-state index is 6.65. The van der Waals surface area contributed by atoms with Gasteiger partial charge in [-0.1, -0.05) is 56.3 Å². The van der Waals surface area contributed by atoms with Crippen LogP contribution in [0.1, 0.15) is 50.5 Å². The first-order valence-corrected chi connectivity index (χ1v) is 8.62. The van der Waals surface area contributed by atoms with Crippen molar-refractivity contribution in [3.63, 3.8) is 0 Å². The Morgan fingerprint density at radius 1 is 1.17 bits per heavy atom. The summed E-state index contributed by atoms with van der Waals surface area (Å²) in [7, 11) is 0. The Labute approximate surface area is 138 Å². The number of ether oxygens (including phenoxy) is 1. The van der Waals surface area contributed by atoms with E-state index in [9.17, 15) is 0 Å². The van der Waals surface area contributed by atoms with Crippen molar-refractivity contribution in [2.24, 2.45) is 5.41 Å². The molecule has 122 valence electrons. The normalized spacial score (nSPS) is 32.1. The predicted octanol–water partition coefficient (Wildman–Crippen LogP) is 4.30. The van der Waals surface area contributed by atoms with Gasteiger partial charge in [0.05, 0.1) is 23.8 Å². The molecular formula is C20H25NO2. The van der Waals surface area contributed by atoms with Crippen LogP contribution in [0.2, 0.25) is 0 Å². The summed E-state index contributed by atoms with van der Waals surface area (Å²) >= 11 is 0. The zero-order chi connectivity index (χ0) is 16.1. The van der Waals surface area contributed by atoms with Crippen molar-refractivity contribution in [1.82, 2.24) is 5.16 Å². The van der Waals surface area contributed by atoms with Crippen LogP contribution in [0.5, 0.6) is 0 Å². The van der Waals surface area contributed by atoms with Gasteiger partial charge >= 0.3 is 0 Å². The molecule has 2 aromatic rings. The number of aromatic nitrogens is 1. The molecule has 0 bridgehead atoms. The fraction of sp³-hybridized carbons (Fsp3) is 0.550. The van der Waals surface area contributed by atoms with Crippen LogP contribution in [0.4, 0.5) is 0 Å². The van der Waals surface area contributed by atoms with Gasteiger partial charge in [0.1, 0.15) is 5.76 Å². The molecule has 1 aromatic heterocycles. The van der Waals surface area contributed by atoms with E-state index in [0.29, 0.717) is 6.10 Å². The van der Waals surface area contributed by atoms with Gasteiger partial charge < -0.3 is 9.26 Å². The van der Waals surface area contributed by atoms with Crippen molar-refractivity contribution in [3.8, 4) is 0 Å². The van der Waals surface area contributed by atoms with Crippen molar-refractivity contribution < 1.29 is 9.26 Å². The van der Waals surface area contributed by atoms with E-state index in [2.05, 4.69) is 56.3 Å². The molecule has 2 aliphatic rings. The summed E-state index contributed by atoms with van der Waals surface area (Å²) in [5, 5.41) is 4.04. The Morgan fingerprint density at radius 2 is 1.96 bits per heavy atom. The van der Waals surface area contributed by atoms with Gasteiger partial charge in [-0.05, 0) is 36.7 Å². The molecular weight excluding hydrogens is 286 g/mol. The second kappa shape index (κ2) is 5.20. The Morgan fingerprint density at radius 3 is 2.74 bits per heavy atom. The van der Waals surface area contributed by atoms with E-state index in [1.807, 2.05) is 6.20 Å². The monoisotopic (exact) mass is 311 g/mol. The fourth-order valence-corrected chi connectivity index (χ4v) is 4.77. The van der Waals surface area contributed by atoms with Crippen LogP contribution in [0.25, 0.3) is 0 Å². The minimum atomic E-state index is -0.131. The molecule has 23 heavy (non-hydrogen) atoms. The summed E-state index contributed by atoms with van der Waals surface area (Å²) in [6.45, 7) is 6.85. The molecule has 1 saturated heterocycles. The molecule has 3 atom stereocenters. The summed E-state index contributed by atoms with van der Waals surface area (Å²) in [6.07, 6.45) is 6.69. The van der Waals surface area contributed by atoms with Gasteiger partial charge in [0.2, 0.25) is 0 Å². The molecule has 0 amide bonds. The highest BCUT2D eigenvalue weighted by atomic mass is 16.5. The number of fused-ring (bicyclic) bond motifs is 2. The Kier molecular flexibility index (Phi) is 3.38. The molecule has 1 aliphatic heterocycles. The molecule has 1 aromatic carbocycles. The Hall–Kier alpha value is -1.61. The van der Waals surface area contributed by atoms with Gasteiger partial charge in [0.25, 0.3) is 0 Å². The summed E-state index contributed by atoms with van der Waals surface area (Å²) in [5.41, 5.74) is 2.66. The molecule has 1 aliphatic carbocycles. The summed E-state index contributed by atoms with van der Waals surface area (Å²) in [5.74, 6) is 1.01. The van der Waals surface area contributed by atoms with Crippen molar-refractivity contribution in [3.05, 3.63) is 53.4 Å². The maximum absolute atomic E-state index is 6.65. The molecule has 2 heterocycles. The third-order valence-corrected chi connectivity index (χ3v) is 5.78. The van der Waals surface area contributed by atoms with E-state index in [-0.39, 0.29) is 16.9 Å². The summed E-state index contributed by atoms with van der Waals surface area (Å²) in [4.78, 5) is 0. The van der Waals surface area contributed by atoms with Crippen LogP contribution in [0, 0.1) is 5.41 Å². The largest absolute Gasteiger partial charge is 0.373 e. The molecule has 4 rings (SSSR count). The quantitative estimate of drug-likeness (QED) is 0.829. The van der Waals surface area contributed by atoms with Gasteiger partial charge in [-0.2, -0.15) is 0 Å². The van der Waals surface area contributed by atoms with Gasteiger partial charge in [0.15, 0.2) is 0 Å². The number of benzene rings is 1. The second-order valence-corrected chi connectivity index (χ2v) is 8.10. The lowest BCUT2D eigenvalue weighted by molar-refractivity contribution is -0.161. The standard InChI is InChI=1S/C20H25NO2/c1-19(2)17-15(13-21-23-17)12-20(3)10-9-16(22-18(19)20)11-14-7-5-4-6-8-14/h4-8,13,16,18H,9-12H2,1-3H3/t16-,18+,20+/m1/s1. The van der Waals surface area contributed by atoms with Crippen LogP contribution in [-0.2, 0) is 23.0 Å². The second-order valence-electron chi connectivity index (χ2n) is 8.10. The zero-order valence-corrected chi connectivity index (χ0v) is 14.2. The van der Waals surface area contributed by atoms with E-state index in [4.69, 9.17) is 9.26 Å². The van der Waals surface area contributed by atoms with Crippen LogP contribution < -0.4 is 0 Å². The SMILES string of the molecule is CC1(C)c2oncc2C[C@]2(C)CC[C@H](Cc3ccccc3)O[C@@H]12. The molecule has 3 nitrogen and oxygen atoms in total. The average molecular weight is 311 g/mol. The van der Waals surface area contributed by atoms with Gasteiger partial charge in [0, 0.05) is 5.56 Å². The van der Waals surface area contributed by atoms with Gasteiger partial charge in [-0.3, -0.25) is 0 Å². The minimum Gasteiger partial charge on any atom is -0.373 e. The number of hydrogen-bond donors (Lipinski definition) is 0. The third-order valence-electron chi connectivity index (χ3n) is 5.78. The molecule has 0 unspecified atom stereocenters. The molecule has 3 heteroatoms. The lowest BCUT2D eigenvalue weighted by atomic mass is 9.59. The zero-order valence-electron chi connectivity index (χ0n) is 14.2. The lowest BCUT2D eigenvalue weighted by Crippen LogP contribution is -2.56. The predicted molar refractivity (Wildman–Crippen MR) is 89.4 cm³/mol. The first-order valence-electron chi connectivity index (χ1n) is 8.62. The Balaban J connectivity index is 1.60. The molecule has 0 spiro atoms. The molecule has 0 saturated carbocycles. The minimum absolute atomic E-state index is 0.131. The third kappa shape index (κ3) is 2.42. The highest BCUT2D eigenvalue weighted by molar-refractivity contribution is 5.31. The van der Waals surface area contributed by atoms with Crippen molar-refractivity contribution in [2.45, 2.75) is 64.1 Å². The van der Waals surface area contributed by atoms with Gasteiger partial charge in [-0.25, -0.2) is 0 Å². The van der Waals surface area contributed by atoms with E-state index in [1.165, 1.54) is 17.5 Å². The summed E-state index contributed by atoms with van der Waals surface area (Å²) in [6, 6.07) is 10.7. The molecule has 0 radical (unpaired) electrons. The number of rotatable bonds is 2. The number of nitrogens with zero attached hydrogens (tertiary/aromatic N) is 1. The summed E-state index contributed by atoms with van der Waals surface area (Å²) < 4.78 is 12.2. The van der Waals surface area contributed by atoms with Crippen molar-refractivity contribution >= 4 is 0 Å². The van der Waals surface area contributed by atoms with Crippen LogP contribution in [0.3, 0.4) is 0 Å². The van der Waals surface area contributed by atoms with E-state index in [1.54, 1.807) is 0 Å². The first kappa shape index (κ1) is 14.9. The highest BCUT2D eigenvalue weighted by Gasteiger charge is 2.54. The van der Waals surface area contributed by atoms with Crippen LogP contribution in [-0.4, -0.2) is 17.4 Å². The van der Waals surface area contributed by atoms with Crippen LogP contribution in [0.15, 0.2) is 41.1 Å². The molecule has 1 fully saturated rings.